The monoisotopic (exact) mass is 324 g/mol. The lowest BCUT2D eigenvalue weighted by Gasteiger charge is -2.35. The molecule has 0 saturated heterocycles. The number of fused-ring (bicyclic) bond motifs is 1. The van der Waals surface area contributed by atoms with Crippen LogP contribution in [0.15, 0.2) is 36.4 Å². The van der Waals surface area contributed by atoms with Gasteiger partial charge in [0, 0.05) is 5.69 Å². The molecule has 0 spiro atoms. The van der Waals surface area contributed by atoms with Crippen LogP contribution >= 0.6 is 0 Å². The van der Waals surface area contributed by atoms with Crippen LogP contribution in [0.25, 0.3) is 0 Å². The summed E-state index contributed by atoms with van der Waals surface area (Å²) in [6, 6.07) is 11.9. The van der Waals surface area contributed by atoms with E-state index >= 15 is 0 Å². The Morgan fingerprint density at radius 1 is 1.17 bits per heavy atom. The van der Waals surface area contributed by atoms with Gasteiger partial charge < -0.3 is 10.1 Å². The number of hydrogen-bond acceptors (Lipinski definition) is 2. The Hall–Kier alpha value is -2.49. The Morgan fingerprint density at radius 3 is 2.58 bits per heavy atom. The molecular weight excluding hydrogens is 300 g/mol. The van der Waals surface area contributed by atoms with Crippen LogP contribution in [-0.2, 0) is 0 Å². The molecule has 0 radical (unpaired) electrons. The number of urea groups is 1. The molecule has 0 saturated carbocycles. The van der Waals surface area contributed by atoms with Gasteiger partial charge in [-0.25, -0.2) is 4.79 Å². The summed E-state index contributed by atoms with van der Waals surface area (Å²) in [4.78, 5) is 14.7. The molecule has 0 aromatic heterocycles. The first kappa shape index (κ1) is 16.4. The Kier molecular flexibility index (Phi) is 4.47. The second-order valence-corrected chi connectivity index (χ2v) is 6.48. The highest BCUT2D eigenvalue weighted by Gasteiger charge is 2.29. The Balaban J connectivity index is 1.90. The molecule has 4 heteroatoms. The van der Waals surface area contributed by atoms with Crippen LogP contribution in [0.5, 0.6) is 5.75 Å². The average molecular weight is 324 g/mol. The summed E-state index contributed by atoms with van der Waals surface area (Å²) in [5.74, 6) is 0.773. The van der Waals surface area contributed by atoms with E-state index in [1.165, 1.54) is 5.56 Å². The zero-order chi connectivity index (χ0) is 17.3. The van der Waals surface area contributed by atoms with E-state index in [1.807, 2.05) is 51.1 Å². The van der Waals surface area contributed by atoms with E-state index in [9.17, 15) is 4.79 Å². The van der Waals surface area contributed by atoms with Crippen molar-refractivity contribution in [3.05, 3.63) is 53.1 Å². The van der Waals surface area contributed by atoms with Gasteiger partial charge in [0.15, 0.2) is 0 Å². The second-order valence-electron chi connectivity index (χ2n) is 6.48. The smallest absolute Gasteiger partial charge is 0.326 e. The highest BCUT2D eigenvalue weighted by Crippen LogP contribution is 2.35. The number of amides is 2. The topological polar surface area (TPSA) is 41.6 Å². The van der Waals surface area contributed by atoms with E-state index in [2.05, 4.69) is 18.3 Å². The lowest BCUT2D eigenvalue weighted by atomic mass is 10.1. The lowest BCUT2D eigenvalue weighted by molar-refractivity contribution is 0.188. The van der Waals surface area contributed by atoms with Crippen LogP contribution in [0.3, 0.4) is 0 Å². The van der Waals surface area contributed by atoms with Gasteiger partial charge in [0.05, 0.1) is 12.2 Å². The van der Waals surface area contributed by atoms with Gasteiger partial charge in [0.2, 0.25) is 0 Å². The third kappa shape index (κ3) is 3.23. The molecule has 1 unspecified atom stereocenters. The SMILES string of the molecule is CCC1CN(C(=O)Nc2ccc(C)cc2C)c2cc(C)ccc2O1. The fourth-order valence-electron chi connectivity index (χ4n) is 3.00. The van der Waals surface area contributed by atoms with Gasteiger partial charge in [0.25, 0.3) is 0 Å². The van der Waals surface area contributed by atoms with Crippen LogP contribution < -0.4 is 15.0 Å². The number of carbonyl (C=O) groups excluding carboxylic acids is 1. The number of ether oxygens (including phenoxy) is 1. The molecule has 2 aromatic carbocycles. The zero-order valence-corrected chi connectivity index (χ0v) is 14.7. The van der Waals surface area contributed by atoms with Crippen LogP contribution in [-0.4, -0.2) is 18.7 Å². The first-order valence-electron chi connectivity index (χ1n) is 8.41. The minimum absolute atomic E-state index is 0.0186. The molecule has 126 valence electrons. The molecule has 2 amide bonds. The standard InChI is InChI=1S/C20H24N2O2/c1-5-16-12-22(18-11-14(3)7-9-19(18)24-16)20(23)21-17-8-6-13(2)10-15(17)4/h6-11,16H,5,12H2,1-4H3,(H,21,23). The lowest BCUT2D eigenvalue weighted by Crippen LogP contribution is -2.45. The summed E-state index contributed by atoms with van der Waals surface area (Å²) in [6.07, 6.45) is 0.880. The van der Waals surface area contributed by atoms with Gasteiger partial charge >= 0.3 is 6.03 Å². The third-order valence-electron chi connectivity index (χ3n) is 4.41. The highest BCUT2D eigenvalue weighted by atomic mass is 16.5. The van der Waals surface area contributed by atoms with Gasteiger partial charge in [-0.2, -0.15) is 0 Å². The van der Waals surface area contributed by atoms with Crippen LogP contribution in [0.1, 0.15) is 30.0 Å². The third-order valence-corrected chi connectivity index (χ3v) is 4.41. The number of anilines is 2. The van der Waals surface area contributed by atoms with Gasteiger partial charge in [-0.3, -0.25) is 4.90 Å². The zero-order valence-electron chi connectivity index (χ0n) is 14.7. The van der Waals surface area contributed by atoms with Gasteiger partial charge in [-0.15, -0.1) is 0 Å². The van der Waals surface area contributed by atoms with E-state index in [0.717, 1.165) is 34.7 Å². The maximum absolute atomic E-state index is 12.9. The van der Waals surface area contributed by atoms with E-state index in [4.69, 9.17) is 4.74 Å². The summed E-state index contributed by atoms with van der Waals surface area (Å²) in [5.41, 5.74) is 5.04. The maximum Gasteiger partial charge on any atom is 0.326 e. The molecule has 3 rings (SSSR count). The quantitative estimate of drug-likeness (QED) is 0.860. The summed E-state index contributed by atoms with van der Waals surface area (Å²) >= 11 is 0. The Bertz CT molecular complexity index is 770. The average Bonchev–Trinajstić information content (AvgIpc) is 2.56. The van der Waals surface area contributed by atoms with Crippen molar-refractivity contribution in [2.75, 3.05) is 16.8 Å². The summed E-state index contributed by atoms with van der Waals surface area (Å²) in [6.45, 7) is 8.71. The van der Waals surface area contributed by atoms with E-state index in [-0.39, 0.29) is 12.1 Å². The molecule has 0 bridgehead atoms. The van der Waals surface area contributed by atoms with Crippen LogP contribution in [0, 0.1) is 20.8 Å². The van der Waals surface area contributed by atoms with Crippen molar-refractivity contribution >= 4 is 17.4 Å². The largest absolute Gasteiger partial charge is 0.486 e. The van der Waals surface area contributed by atoms with E-state index in [1.54, 1.807) is 4.90 Å². The summed E-state index contributed by atoms with van der Waals surface area (Å²) in [7, 11) is 0. The molecule has 24 heavy (non-hydrogen) atoms. The van der Waals surface area contributed by atoms with Crippen molar-refractivity contribution in [1.82, 2.24) is 0 Å². The molecular formula is C20H24N2O2. The van der Waals surface area contributed by atoms with Gasteiger partial charge in [0.1, 0.15) is 11.9 Å². The number of rotatable bonds is 2. The first-order valence-corrected chi connectivity index (χ1v) is 8.41. The Morgan fingerprint density at radius 2 is 1.88 bits per heavy atom. The minimum atomic E-state index is -0.115. The first-order chi connectivity index (χ1) is 11.5. The predicted octanol–water partition coefficient (Wildman–Crippen LogP) is 4.82. The maximum atomic E-state index is 12.9. The van der Waals surface area contributed by atoms with Crippen molar-refractivity contribution in [3.63, 3.8) is 0 Å². The van der Waals surface area contributed by atoms with Crippen molar-refractivity contribution in [2.45, 2.75) is 40.2 Å². The number of benzene rings is 2. The molecule has 0 fully saturated rings. The van der Waals surface area contributed by atoms with Crippen molar-refractivity contribution in [3.8, 4) is 5.75 Å². The molecule has 1 heterocycles. The molecule has 4 nitrogen and oxygen atoms in total. The van der Waals surface area contributed by atoms with Crippen molar-refractivity contribution in [1.29, 1.82) is 0 Å². The van der Waals surface area contributed by atoms with Gasteiger partial charge in [-0.05, 0) is 56.5 Å². The number of nitrogens with one attached hydrogen (secondary N) is 1. The number of nitrogens with zero attached hydrogens (tertiary/aromatic N) is 1. The fraction of sp³-hybridized carbons (Fsp3) is 0.350. The number of aryl methyl sites for hydroxylation is 3. The number of carbonyl (C=O) groups is 1. The fourth-order valence-corrected chi connectivity index (χ4v) is 3.00. The molecule has 1 aliphatic rings. The summed E-state index contributed by atoms with van der Waals surface area (Å²) < 4.78 is 5.98. The molecule has 0 aliphatic carbocycles. The van der Waals surface area contributed by atoms with E-state index < -0.39 is 0 Å². The van der Waals surface area contributed by atoms with Crippen LogP contribution in [0.4, 0.5) is 16.2 Å². The molecule has 2 aromatic rings. The van der Waals surface area contributed by atoms with E-state index in [0.29, 0.717) is 6.54 Å². The molecule has 1 atom stereocenters. The van der Waals surface area contributed by atoms with Crippen LogP contribution in [0.2, 0.25) is 0 Å². The molecule has 1 N–H and O–H groups in total. The normalized spacial score (nSPS) is 16.3. The molecule has 1 aliphatic heterocycles. The van der Waals surface area contributed by atoms with Crippen molar-refractivity contribution < 1.29 is 9.53 Å². The highest BCUT2D eigenvalue weighted by molar-refractivity contribution is 6.03. The number of hydrogen-bond donors (Lipinski definition) is 1. The second kappa shape index (κ2) is 6.56. The predicted molar refractivity (Wildman–Crippen MR) is 98.2 cm³/mol. The minimum Gasteiger partial charge on any atom is -0.486 e. The summed E-state index contributed by atoms with van der Waals surface area (Å²) in [5, 5.41) is 3.04. The van der Waals surface area contributed by atoms with Crippen molar-refractivity contribution in [2.24, 2.45) is 0 Å². The Labute approximate surface area is 143 Å². The van der Waals surface area contributed by atoms with Gasteiger partial charge in [-0.1, -0.05) is 30.7 Å².